The van der Waals surface area contributed by atoms with E-state index in [9.17, 15) is 4.79 Å². The van der Waals surface area contributed by atoms with Crippen molar-refractivity contribution >= 4 is 35.1 Å². The molecule has 1 aliphatic rings. The number of anilines is 1. The maximum absolute atomic E-state index is 13.4. The van der Waals surface area contributed by atoms with Gasteiger partial charge in [-0.2, -0.15) is 0 Å². The van der Waals surface area contributed by atoms with E-state index >= 15 is 0 Å². The van der Waals surface area contributed by atoms with E-state index in [4.69, 9.17) is 0 Å². The fourth-order valence-electron chi connectivity index (χ4n) is 4.30. The van der Waals surface area contributed by atoms with Gasteiger partial charge in [0.05, 0.1) is 24.0 Å². The summed E-state index contributed by atoms with van der Waals surface area (Å²) in [5.74, 6) is 1.39. The second kappa shape index (κ2) is 11.4. The lowest BCUT2D eigenvalue weighted by Crippen LogP contribution is -2.33. The van der Waals surface area contributed by atoms with E-state index in [0.717, 1.165) is 36.1 Å². The summed E-state index contributed by atoms with van der Waals surface area (Å²) < 4.78 is 2.18. The SMILES string of the molecule is CC[C@@H](c1nnc(SCC(=O)N2CC[C@H](C)Sc3ccccc32)n1Cc1ccccc1)N(C)C. The van der Waals surface area contributed by atoms with Crippen LogP contribution in [0.5, 0.6) is 0 Å². The van der Waals surface area contributed by atoms with Crippen LogP contribution in [0.25, 0.3) is 0 Å². The molecular weight excluding hydrogens is 462 g/mol. The minimum absolute atomic E-state index is 0.114. The van der Waals surface area contributed by atoms with Gasteiger partial charge in [0.25, 0.3) is 0 Å². The first-order valence-electron chi connectivity index (χ1n) is 11.8. The van der Waals surface area contributed by atoms with Gasteiger partial charge in [-0.1, -0.05) is 68.1 Å². The van der Waals surface area contributed by atoms with E-state index in [0.29, 0.717) is 17.5 Å². The molecule has 1 aliphatic heterocycles. The third-order valence-electron chi connectivity index (χ3n) is 6.11. The van der Waals surface area contributed by atoms with Crippen molar-refractivity contribution in [2.75, 3.05) is 31.3 Å². The fraction of sp³-hybridized carbons (Fsp3) is 0.423. The number of fused-ring (bicyclic) bond motifs is 1. The van der Waals surface area contributed by atoms with Crippen LogP contribution in [0.15, 0.2) is 64.6 Å². The van der Waals surface area contributed by atoms with E-state index in [2.05, 4.69) is 84.0 Å². The lowest BCUT2D eigenvalue weighted by molar-refractivity contribution is -0.116. The molecule has 3 aromatic rings. The van der Waals surface area contributed by atoms with Gasteiger partial charge < -0.3 is 9.47 Å². The number of carbonyl (C=O) groups is 1. The number of aromatic nitrogens is 3. The maximum Gasteiger partial charge on any atom is 0.237 e. The van der Waals surface area contributed by atoms with Gasteiger partial charge in [0, 0.05) is 16.7 Å². The molecule has 0 N–H and O–H groups in total. The number of hydrogen-bond donors (Lipinski definition) is 0. The van der Waals surface area contributed by atoms with E-state index in [1.54, 1.807) is 0 Å². The van der Waals surface area contributed by atoms with Crippen molar-refractivity contribution in [2.24, 2.45) is 0 Å². The summed E-state index contributed by atoms with van der Waals surface area (Å²) in [5.41, 5.74) is 2.21. The molecule has 0 bridgehead atoms. The first-order valence-corrected chi connectivity index (χ1v) is 13.7. The van der Waals surface area contributed by atoms with Gasteiger partial charge in [0.2, 0.25) is 5.91 Å². The Kier molecular flexibility index (Phi) is 8.34. The largest absolute Gasteiger partial charge is 0.311 e. The number of nitrogens with zero attached hydrogens (tertiary/aromatic N) is 5. The van der Waals surface area contributed by atoms with Gasteiger partial charge in [-0.15, -0.1) is 22.0 Å². The van der Waals surface area contributed by atoms with Crippen LogP contribution >= 0.6 is 23.5 Å². The Hall–Kier alpha value is -2.29. The highest BCUT2D eigenvalue weighted by molar-refractivity contribution is 8.00. The third kappa shape index (κ3) is 5.67. The van der Waals surface area contributed by atoms with Crippen LogP contribution in [0.1, 0.15) is 44.1 Å². The highest BCUT2D eigenvalue weighted by Crippen LogP contribution is 2.37. The molecule has 4 rings (SSSR count). The molecule has 0 unspecified atom stereocenters. The van der Waals surface area contributed by atoms with Gasteiger partial charge in [0.15, 0.2) is 11.0 Å². The predicted molar refractivity (Wildman–Crippen MR) is 142 cm³/mol. The summed E-state index contributed by atoms with van der Waals surface area (Å²) >= 11 is 3.34. The summed E-state index contributed by atoms with van der Waals surface area (Å²) in [6, 6.07) is 18.8. The van der Waals surface area contributed by atoms with Crippen LogP contribution in [0.4, 0.5) is 5.69 Å². The van der Waals surface area contributed by atoms with E-state index in [-0.39, 0.29) is 11.9 Å². The molecule has 1 aromatic heterocycles. The molecule has 0 aliphatic carbocycles. The van der Waals surface area contributed by atoms with E-state index in [1.165, 1.54) is 22.2 Å². The minimum atomic E-state index is 0.114. The van der Waals surface area contributed by atoms with Gasteiger partial charge in [-0.25, -0.2) is 0 Å². The Bertz CT molecular complexity index is 1100. The Balaban J connectivity index is 1.57. The monoisotopic (exact) mass is 495 g/mol. The zero-order valence-corrected chi connectivity index (χ0v) is 22.0. The number of hydrogen-bond acceptors (Lipinski definition) is 6. The zero-order valence-electron chi connectivity index (χ0n) is 20.3. The van der Waals surface area contributed by atoms with Crippen molar-refractivity contribution in [3.63, 3.8) is 0 Å². The molecule has 8 heteroatoms. The molecular formula is C26H33N5OS2. The molecule has 0 saturated heterocycles. The Morgan fingerprint density at radius 2 is 1.88 bits per heavy atom. The van der Waals surface area contributed by atoms with E-state index in [1.807, 2.05) is 34.9 Å². The highest BCUT2D eigenvalue weighted by Gasteiger charge is 2.26. The highest BCUT2D eigenvalue weighted by atomic mass is 32.2. The molecule has 1 amide bonds. The average Bonchev–Trinajstić information content (AvgIpc) is 3.12. The molecule has 2 heterocycles. The van der Waals surface area contributed by atoms with Crippen LogP contribution < -0.4 is 4.90 Å². The van der Waals surface area contributed by atoms with Crippen molar-refractivity contribution in [3.8, 4) is 0 Å². The quantitative estimate of drug-likeness (QED) is 0.393. The predicted octanol–water partition coefficient (Wildman–Crippen LogP) is 5.35. The van der Waals surface area contributed by atoms with Crippen LogP contribution in [-0.4, -0.2) is 57.2 Å². The maximum atomic E-state index is 13.4. The lowest BCUT2D eigenvalue weighted by atomic mass is 10.2. The number of rotatable bonds is 8. The van der Waals surface area contributed by atoms with E-state index < -0.39 is 0 Å². The molecule has 0 fully saturated rings. The fourth-order valence-corrected chi connectivity index (χ4v) is 6.23. The molecule has 2 atom stereocenters. The van der Waals surface area contributed by atoms with Gasteiger partial charge in [-0.3, -0.25) is 9.69 Å². The van der Waals surface area contributed by atoms with Gasteiger partial charge >= 0.3 is 0 Å². The van der Waals surface area contributed by atoms with Crippen molar-refractivity contribution in [1.82, 2.24) is 19.7 Å². The summed E-state index contributed by atoms with van der Waals surface area (Å²) in [7, 11) is 4.14. The second-order valence-corrected chi connectivity index (χ2v) is 11.2. The van der Waals surface area contributed by atoms with Crippen molar-refractivity contribution in [3.05, 3.63) is 66.0 Å². The average molecular weight is 496 g/mol. The number of benzene rings is 2. The zero-order chi connectivity index (χ0) is 24.1. The number of carbonyl (C=O) groups excluding carboxylic acids is 1. The normalized spacial score (nSPS) is 16.9. The first kappa shape index (κ1) is 24.8. The second-order valence-electron chi connectivity index (χ2n) is 8.82. The lowest BCUT2D eigenvalue weighted by Gasteiger charge is -2.24. The van der Waals surface area contributed by atoms with Gasteiger partial charge in [0.1, 0.15) is 0 Å². The first-order chi connectivity index (χ1) is 16.5. The molecule has 2 aromatic carbocycles. The van der Waals surface area contributed by atoms with Crippen LogP contribution in [0, 0.1) is 0 Å². The van der Waals surface area contributed by atoms with Gasteiger partial charge in [-0.05, 0) is 44.6 Å². The molecule has 0 spiro atoms. The topological polar surface area (TPSA) is 54.3 Å². The number of amides is 1. The summed E-state index contributed by atoms with van der Waals surface area (Å²) in [4.78, 5) is 18.7. The molecule has 0 radical (unpaired) electrons. The van der Waals surface area contributed by atoms with Crippen LogP contribution in [-0.2, 0) is 11.3 Å². The molecule has 180 valence electrons. The van der Waals surface area contributed by atoms with Crippen molar-refractivity contribution < 1.29 is 4.79 Å². The summed E-state index contributed by atoms with van der Waals surface area (Å²) in [5, 5.41) is 10.4. The third-order valence-corrected chi connectivity index (χ3v) is 8.30. The Morgan fingerprint density at radius 1 is 1.15 bits per heavy atom. The van der Waals surface area contributed by atoms with Crippen molar-refractivity contribution in [2.45, 2.75) is 54.6 Å². The molecule has 6 nitrogen and oxygen atoms in total. The smallest absolute Gasteiger partial charge is 0.237 e. The van der Waals surface area contributed by atoms with Crippen LogP contribution in [0.2, 0.25) is 0 Å². The van der Waals surface area contributed by atoms with Crippen molar-refractivity contribution in [1.29, 1.82) is 0 Å². The Morgan fingerprint density at radius 3 is 2.62 bits per heavy atom. The number of thioether (sulfide) groups is 2. The standard InChI is InChI=1S/C26H33N5OS2/c1-5-21(29(3)4)25-27-28-26(31(25)17-20-11-7-6-8-12-20)33-18-24(32)30-16-15-19(2)34-23-14-10-9-13-22(23)30/h6-14,19,21H,5,15-18H2,1-4H3/t19-,21-/m0/s1. The minimum Gasteiger partial charge on any atom is -0.311 e. The molecule has 0 saturated carbocycles. The number of para-hydroxylation sites is 1. The molecule has 34 heavy (non-hydrogen) atoms. The summed E-state index contributed by atoms with van der Waals surface area (Å²) in [6.07, 6.45) is 1.91. The summed E-state index contributed by atoms with van der Waals surface area (Å²) in [6.45, 7) is 5.82. The Labute approximate surface area is 211 Å². The van der Waals surface area contributed by atoms with Crippen LogP contribution in [0.3, 0.4) is 0 Å².